The van der Waals surface area contributed by atoms with Gasteiger partial charge in [-0.3, -0.25) is 4.68 Å². The summed E-state index contributed by atoms with van der Waals surface area (Å²) in [6.07, 6.45) is 2.51. The van der Waals surface area contributed by atoms with Crippen LogP contribution >= 0.6 is 0 Å². The summed E-state index contributed by atoms with van der Waals surface area (Å²) in [5.74, 6) is 0. The maximum atomic E-state index is 4.65. The summed E-state index contributed by atoms with van der Waals surface area (Å²) in [6, 6.07) is 1.70. The number of nitrogens with one attached hydrogen (secondary N) is 1. The highest BCUT2D eigenvalue weighted by molar-refractivity contribution is 5.27. The fourth-order valence-corrected chi connectivity index (χ4v) is 3.66. The largest absolute Gasteiger partial charge is 0.307 e. The van der Waals surface area contributed by atoms with Gasteiger partial charge in [-0.05, 0) is 67.5 Å². The molecule has 1 aliphatic heterocycles. The van der Waals surface area contributed by atoms with Gasteiger partial charge in [0.2, 0.25) is 0 Å². The first-order valence-electron chi connectivity index (χ1n) is 8.48. The Morgan fingerprint density at radius 2 is 1.81 bits per heavy atom. The van der Waals surface area contributed by atoms with E-state index < -0.39 is 0 Å². The summed E-state index contributed by atoms with van der Waals surface area (Å²) in [5, 5.41) is 8.48. The molecule has 1 aromatic heterocycles. The van der Waals surface area contributed by atoms with Crippen molar-refractivity contribution in [2.75, 3.05) is 13.1 Å². The minimum Gasteiger partial charge on any atom is -0.307 e. The highest BCUT2D eigenvalue weighted by Crippen LogP contribution is 2.23. The number of hydrogen-bond acceptors (Lipinski definition) is 3. The molecule has 1 atom stereocenters. The lowest BCUT2D eigenvalue weighted by Crippen LogP contribution is -2.45. The SMILES string of the molecule is CCn1nc(C)c(C(C)NC2CCN(C(C)C)CC2)c1C. The Bertz CT molecular complexity index is 456. The van der Waals surface area contributed by atoms with E-state index in [4.69, 9.17) is 0 Å². The molecule has 0 saturated carbocycles. The first kappa shape index (κ1) is 16.5. The molecule has 0 aliphatic carbocycles. The second-order valence-electron chi connectivity index (χ2n) is 6.69. The third-order valence-electron chi connectivity index (χ3n) is 4.92. The first-order valence-corrected chi connectivity index (χ1v) is 8.48. The highest BCUT2D eigenvalue weighted by atomic mass is 15.3. The molecule has 21 heavy (non-hydrogen) atoms. The summed E-state index contributed by atoms with van der Waals surface area (Å²) in [5.41, 5.74) is 3.88. The van der Waals surface area contributed by atoms with Crippen molar-refractivity contribution >= 4 is 0 Å². The zero-order valence-corrected chi connectivity index (χ0v) is 14.6. The van der Waals surface area contributed by atoms with Crippen LogP contribution < -0.4 is 5.32 Å². The van der Waals surface area contributed by atoms with Crippen LogP contribution in [-0.4, -0.2) is 39.9 Å². The van der Waals surface area contributed by atoms with Gasteiger partial charge in [0.15, 0.2) is 0 Å². The van der Waals surface area contributed by atoms with Gasteiger partial charge in [-0.25, -0.2) is 0 Å². The van der Waals surface area contributed by atoms with Crippen LogP contribution in [0, 0.1) is 13.8 Å². The molecule has 2 heterocycles. The molecule has 1 unspecified atom stereocenters. The van der Waals surface area contributed by atoms with E-state index in [2.05, 4.69) is 61.5 Å². The van der Waals surface area contributed by atoms with Crippen molar-refractivity contribution in [1.29, 1.82) is 0 Å². The van der Waals surface area contributed by atoms with Crippen molar-refractivity contribution in [3.63, 3.8) is 0 Å². The van der Waals surface area contributed by atoms with Gasteiger partial charge in [0.25, 0.3) is 0 Å². The van der Waals surface area contributed by atoms with E-state index in [1.807, 2.05) is 0 Å². The predicted octanol–water partition coefficient (Wildman–Crippen LogP) is 3.04. The molecular weight excluding hydrogens is 260 g/mol. The van der Waals surface area contributed by atoms with Crippen LogP contribution in [0.3, 0.4) is 0 Å². The number of aromatic nitrogens is 2. The zero-order chi connectivity index (χ0) is 15.6. The maximum absolute atomic E-state index is 4.65. The van der Waals surface area contributed by atoms with E-state index in [-0.39, 0.29) is 0 Å². The summed E-state index contributed by atoms with van der Waals surface area (Å²) in [7, 11) is 0. The maximum Gasteiger partial charge on any atom is 0.0644 e. The van der Waals surface area contributed by atoms with Crippen LogP contribution in [0.1, 0.15) is 63.5 Å². The molecule has 4 heteroatoms. The van der Waals surface area contributed by atoms with Crippen LogP contribution in [0.15, 0.2) is 0 Å². The van der Waals surface area contributed by atoms with Gasteiger partial charge in [-0.15, -0.1) is 0 Å². The van der Waals surface area contributed by atoms with Crippen molar-refractivity contribution in [2.45, 2.75) is 79.1 Å². The Labute approximate surface area is 129 Å². The van der Waals surface area contributed by atoms with Crippen LogP contribution in [0.25, 0.3) is 0 Å². The average Bonchev–Trinajstić information content (AvgIpc) is 2.73. The van der Waals surface area contributed by atoms with Crippen LogP contribution in [0.4, 0.5) is 0 Å². The molecule has 4 nitrogen and oxygen atoms in total. The van der Waals surface area contributed by atoms with E-state index in [0.29, 0.717) is 18.1 Å². The minimum atomic E-state index is 0.390. The monoisotopic (exact) mass is 292 g/mol. The number of piperidine rings is 1. The molecule has 0 spiro atoms. The quantitative estimate of drug-likeness (QED) is 0.905. The number of likely N-dealkylation sites (tertiary alicyclic amines) is 1. The molecule has 0 aromatic carbocycles. The van der Waals surface area contributed by atoms with E-state index in [1.54, 1.807) is 0 Å². The number of hydrogen-bond donors (Lipinski definition) is 1. The number of aryl methyl sites for hydroxylation is 2. The summed E-state index contributed by atoms with van der Waals surface area (Å²) in [4.78, 5) is 2.58. The van der Waals surface area contributed by atoms with Crippen molar-refractivity contribution in [3.05, 3.63) is 17.0 Å². The number of nitrogens with zero attached hydrogens (tertiary/aromatic N) is 3. The molecule has 0 radical (unpaired) electrons. The molecule has 1 aromatic rings. The smallest absolute Gasteiger partial charge is 0.0644 e. The molecule has 2 rings (SSSR count). The fourth-order valence-electron chi connectivity index (χ4n) is 3.66. The number of rotatable bonds is 5. The van der Waals surface area contributed by atoms with Crippen molar-refractivity contribution in [3.8, 4) is 0 Å². The average molecular weight is 292 g/mol. The summed E-state index contributed by atoms with van der Waals surface area (Å²) in [6.45, 7) is 16.7. The van der Waals surface area contributed by atoms with E-state index in [9.17, 15) is 0 Å². The standard InChI is InChI=1S/C17H32N4/c1-7-21-15(6)17(14(5)19-21)13(4)18-16-8-10-20(11-9-16)12(2)3/h12-13,16,18H,7-11H2,1-6H3. The first-order chi connectivity index (χ1) is 9.93. The molecule has 1 saturated heterocycles. The van der Waals surface area contributed by atoms with Gasteiger partial charge < -0.3 is 10.2 Å². The molecule has 1 fully saturated rings. The van der Waals surface area contributed by atoms with Crippen LogP contribution in [0.2, 0.25) is 0 Å². The lowest BCUT2D eigenvalue weighted by atomic mass is 10.00. The molecule has 0 amide bonds. The minimum absolute atomic E-state index is 0.390. The van der Waals surface area contributed by atoms with Gasteiger partial charge in [0.1, 0.15) is 0 Å². The predicted molar refractivity (Wildman–Crippen MR) is 88.7 cm³/mol. The van der Waals surface area contributed by atoms with Crippen molar-refractivity contribution in [2.24, 2.45) is 0 Å². The third-order valence-corrected chi connectivity index (χ3v) is 4.92. The second kappa shape index (κ2) is 6.93. The molecule has 1 N–H and O–H groups in total. The van der Waals surface area contributed by atoms with Crippen molar-refractivity contribution in [1.82, 2.24) is 20.0 Å². The molecular formula is C17H32N4. The van der Waals surface area contributed by atoms with E-state index >= 15 is 0 Å². The lowest BCUT2D eigenvalue weighted by molar-refractivity contribution is 0.157. The van der Waals surface area contributed by atoms with Crippen molar-refractivity contribution < 1.29 is 0 Å². The Kier molecular flexibility index (Phi) is 5.44. The Morgan fingerprint density at radius 1 is 1.19 bits per heavy atom. The van der Waals surface area contributed by atoms with E-state index in [0.717, 1.165) is 6.54 Å². The Hall–Kier alpha value is -0.870. The summed E-state index contributed by atoms with van der Waals surface area (Å²) < 4.78 is 2.12. The normalized spacial score (nSPS) is 19.4. The second-order valence-corrected chi connectivity index (χ2v) is 6.69. The summed E-state index contributed by atoms with van der Waals surface area (Å²) >= 11 is 0. The third kappa shape index (κ3) is 3.67. The topological polar surface area (TPSA) is 33.1 Å². The van der Waals surface area contributed by atoms with Crippen LogP contribution in [-0.2, 0) is 6.54 Å². The van der Waals surface area contributed by atoms with Gasteiger partial charge in [0, 0.05) is 35.9 Å². The van der Waals surface area contributed by atoms with E-state index in [1.165, 1.54) is 42.9 Å². The van der Waals surface area contributed by atoms with Gasteiger partial charge in [-0.2, -0.15) is 5.10 Å². The Balaban J connectivity index is 1.96. The Morgan fingerprint density at radius 3 is 2.29 bits per heavy atom. The van der Waals surface area contributed by atoms with Gasteiger partial charge >= 0.3 is 0 Å². The van der Waals surface area contributed by atoms with Gasteiger partial charge in [-0.1, -0.05) is 0 Å². The molecule has 0 bridgehead atoms. The lowest BCUT2D eigenvalue weighted by Gasteiger charge is -2.36. The highest BCUT2D eigenvalue weighted by Gasteiger charge is 2.24. The van der Waals surface area contributed by atoms with Crippen LogP contribution in [0.5, 0.6) is 0 Å². The molecule has 1 aliphatic rings. The van der Waals surface area contributed by atoms with Gasteiger partial charge in [0.05, 0.1) is 5.69 Å². The zero-order valence-electron chi connectivity index (χ0n) is 14.6. The fraction of sp³-hybridized carbons (Fsp3) is 0.824. The molecule has 120 valence electrons.